The van der Waals surface area contributed by atoms with Crippen molar-refractivity contribution in [2.24, 2.45) is 0 Å². The minimum atomic E-state index is -0.616. The summed E-state index contributed by atoms with van der Waals surface area (Å²) in [5.74, 6) is -0.173. The van der Waals surface area contributed by atoms with E-state index < -0.39 is 11.6 Å². The number of amides is 2. The van der Waals surface area contributed by atoms with Gasteiger partial charge >= 0.3 is 6.03 Å². The molecule has 1 atom stereocenters. The van der Waals surface area contributed by atoms with Crippen LogP contribution >= 0.6 is 0 Å². The number of nitrogens with one attached hydrogen (secondary N) is 1. The topological polar surface area (TPSA) is 32.3 Å². The van der Waals surface area contributed by atoms with Crippen LogP contribution in [0.2, 0.25) is 0 Å². The van der Waals surface area contributed by atoms with Crippen molar-refractivity contribution in [3.8, 4) is 0 Å². The van der Waals surface area contributed by atoms with Gasteiger partial charge in [-0.1, -0.05) is 19.9 Å². The Morgan fingerprint density at radius 3 is 2.78 bits per heavy atom. The molecule has 0 aromatic heterocycles. The molecule has 1 aromatic rings. The van der Waals surface area contributed by atoms with Crippen LogP contribution in [0.5, 0.6) is 0 Å². The van der Waals surface area contributed by atoms with E-state index in [1.807, 2.05) is 13.8 Å². The molecule has 1 saturated heterocycles. The van der Waals surface area contributed by atoms with Crippen molar-refractivity contribution in [3.05, 3.63) is 41.3 Å². The highest BCUT2D eigenvalue weighted by molar-refractivity contribution is 5.77. The molecule has 18 heavy (non-hydrogen) atoms. The highest BCUT2D eigenvalue weighted by atomic mass is 19.1. The van der Waals surface area contributed by atoms with Crippen LogP contribution in [-0.4, -0.2) is 24.0 Å². The molecule has 1 aromatic carbocycles. The van der Waals surface area contributed by atoms with Crippen molar-refractivity contribution in [1.29, 1.82) is 0 Å². The lowest BCUT2D eigenvalue weighted by Crippen LogP contribution is -2.32. The van der Waals surface area contributed by atoms with Crippen molar-refractivity contribution in [1.82, 2.24) is 10.2 Å². The first kappa shape index (κ1) is 12.8. The van der Waals surface area contributed by atoms with E-state index in [-0.39, 0.29) is 12.1 Å². The molecule has 97 valence electrons. The molecule has 2 amide bonds. The standard InChI is InChI=1S/C13H15F2N2O/c1-8(2)7-17-12(6-16-13(17)18)10-4-3-9(14)5-11(10)15/h3-5,12H,6-7H2,1-2H3,(H,16,18). The molecule has 1 N–H and O–H groups in total. The summed E-state index contributed by atoms with van der Waals surface area (Å²) in [6.45, 7) is 4.62. The van der Waals surface area contributed by atoms with E-state index >= 15 is 0 Å². The van der Waals surface area contributed by atoms with Crippen molar-refractivity contribution in [2.45, 2.75) is 19.9 Å². The number of halogens is 2. The third-order valence-electron chi connectivity index (χ3n) is 2.89. The Labute approximate surface area is 105 Å². The van der Waals surface area contributed by atoms with Crippen molar-refractivity contribution in [3.63, 3.8) is 0 Å². The average molecular weight is 253 g/mol. The normalized spacial score (nSPS) is 19.5. The SMILES string of the molecule is C[C](C)CN1C(=O)NCC1c1ccc(F)cc1F. The van der Waals surface area contributed by atoms with Crippen LogP contribution in [0.25, 0.3) is 0 Å². The molecule has 1 fully saturated rings. The summed E-state index contributed by atoms with van der Waals surface area (Å²) in [5.41, 5.74) is 0.344. The van der Waals surface area contributed by atoms with Crippen molar-refractivity contribution in [2.75, 3.05) is 13.1 Å². The lowest BCUT2D eigenvalue weighted by molar-refractivity contribution is 0.205. The van der Waals surface area contributed by atoms with E-state index in [1.54, 1.807) is 4.90 Å². The summed E-state index contributed by atoms with van der Waals surface area (Å²) in [7, 11) is 0. The molecular formula is C13H15F2N2O. The van der Waals surface area contributed by atoms with Gasteiger partial charge in [0.1, 0.15) is 11.6 Å². The van der Waals surface area contributed by atoms with Gasteiger partial charge in [0.2, 0.25) is 0 Å². The van der Waals surface area contributed by atoms with Gasteiger partial charge in [-0.3, -0.25) is 0 Å². The fourth-order valence-electron chi connectivity index (χ4n) is 2.11. The minimum Gasteiger partial charge on any atom is -0.336 e. The average Bonchev–Trinajstić information content (AvgIpc) is 2.60. The molecule has 0 spiro atoms. The molecule has 1 heterocycles. The molecule has 0 bridgehead atoms. The third kappa shape index (κ3) is 2.44. The molecule has 0 saturated carbocycles. The first-order valence-corrected chi connectivity index (χ1v) is 5.77. The van der Waals surface area contributed by atoms with E-state index in [2.05, 4.69) is 5.32 Å². The van der Waals surface area contributed by atoms with E-state index in [9.17, 15) is 13.6 Å². The van der Waals surface area contributed by atoms with Crippen LogP contribution in [0.4, 0.5) is 13.6 Å². The highest BCUT2D eigenvalue weighted by Gasteiger charge is 2.33. The van der Waals surface area contributed by atoms with Gasteiger partial charge in [-0.25, -0.2) is 13.6 Å². The zero-order valence-electron chi connectivity index (χ0n) is 10.3. The quantitative estimate of drug-likeness (QED) is 0.882. The maximum Gasteiger partial charge on any atom is 0.318 e. The summed E-state index contributed by atoms with van der Waals surface area (Å²) in [6.07, 6.45) is 0. The molecule has 3 nitrogen and oxygen atoms in total. The van der Waals surface area contributed by atoms with Crippen molar-refractivity contribution < 1.29 is 13.6 Å². The summed E-state index contributed by atoms with van der Waals surface area (Å²) in [4.78, 5) is 13.2. The molecule has 1 aliphatic rings. The maximum atomic E-state index is 13.7. The second-order valence-electron chi connectivity index (χ2n) is 4.70. The molecule has 2 rings (SSSR count). The van der Waals surface area contributed by atoms with Gasteiger partial charge in [0.05, 0.1) is 6.04 Å². The van der Waals surface area contributed by atoms with Crippen LogP contribution in [-0.2, 0) is 0 Å². The monoisotopic (exact) mass is 253 g/mol. The van der Waals surface area contributed by atoms with Gasteiger partial charge in [0, 0.05) is 24.7 Å². The lowest BCUT2D eigenvalue weighted by atomic mass is 10.0. The molecule has 0 aliphatic carbocycles. The molecular weight excluding hydrogens is 238 g/mol. The number of carbonyl (C=O) groups is 1. The third-order valence-corrected chi connectivity index (χ3v) is 2.89. The summed E-state index contributed by atoms with van der Waals surface area (Å²) < 4.78 is 26.6. The largest absolute Gasteiger partial charge is 0.336 e. The van der Waals surface area contributed by atoms with Gasteiger partial charge in [0.25, 0.3) is 0 Å². The lowest BCUT2D eigenvalue weighted by Gasteiger charge is -2.25. The minimum absolute atomic E-state index is 0.218. The summed E-state index contributed by atoms with van der Waals surface area (Å²) in [5, 5.41) is 2.68. The van der Waals surface area contributed by atoms with E-state index in [1.165, 1.54) is 12.1 Å². The number of nitrogens with zero attached hydrogens (tertiary/aromatic N) is 1. The zero-order chi connectivity index (χ0) is 13.3. The zero-order valence-corrected chi connectivity index (χ0v) is 10.3. The van der Waals surface area contributed by atoms with Gasteiger partial charge in [-0.2, -0.15) is 0 Å². The Balaban J connectivity index is 2.28. The fourth-order valence-corrected chi connectivity index (χ4v) is 2.11. The van der Waals surface area contributed by atoms with Gasteiger partial charge in [-0.05, 0) is 12.0 Å². The molecule has 1 aliphatic heterocycles. The number of urea groups is 1. The van der Waals surface area contributed by atoms with Gasteiger partial charge < -0.3 is 10.2 Å². The Morgan fingerprint density at radius 2 is 2.17 bits per heavy atom. The van der Waals surface area contributed by atoms with Crippen molar-refractivity contribution >= 4 is 6.03 Å². The van der Waals surface area contributed by atoms with Gasteiger partial charge in [0.15, 0.2) is 0 Å². The Morgan fingerprint density at radius 1 is 1.44 bits per heavy atom. The Hall–Kier alpha value is -1.65. The fraction of sp³-hybridized carbons (Fsp3) is 0.385. The van der Waals surface area contributed by atoms with Crippen LogP contribution in [0, 0.1) is 17.6 Å². The molecule has 1 unspecified atom stereocenters. The highest BCUT2D eigenvalue weighted by Crippen LogP contribution is 2.28. The Bertz CT molecular complexity index is 462. The number of carbonyl (C=O) groups excluding carboxylic acids is 1. The first-order chi connectivity index (χ1) is 8.49. The smallest absolute Gasteiger partial charge is 0.318 e. The molecule has 1 radical (unpaired) electrons. The maximum absolute atomic E-state index is 13.7. The summed E-state index contributed by atoms with van der Waals surface area (Å²) in [6, 6.07) is 2.85. The van der Waals surface area contributed by atoms with E-state index in [0.29, 0.717) is 18.7 Å². The second-order valence-corrected chi connectivity index (χ2v) is 4.70. The van der Waals surface area contributed by atoms with Gasteiger partial charge in [-0.15, -0.1) is 0 Å². The number of benzene rings is 1. The van der Waals surface area contributed by atoms with Crippen LogP contribution in [0.1, 0.15) is 25.5 Å². The summed E-state index contributed by atoms with van der Waals surface area (Å²) >= 11 is 0. The number of hydrogen-bond donors (Lipinski definition) is 1. The van der Waals surface area contributed by atoms with E-state index in [0.717, 1.165) is 12.0 Å². The van der Waals surface area contributed by atoms with Crippen LogP contribution < -0.4 is 5.32 Å². The predicted octanol–water partition coefficient (Wildman–Crippen LogP) is 2.65. The number of hydrogen-bond acceptors (Lipinski definition) is 1. The van der Waals surface area contributed by atoms with Crippen LogP contribution in [0.3, 0.4) is 0 Å². The Kier molecular flexibility index (Phi) is 3.50. The second kappa shape index (κ2) is 4.92. The number of rotatable bonds is 3. The van der Waals surface area contributed by atoms with E-state index in [4.69, 9.17) is 0 Å². The molecule has 5 heteroatoms. The van der Waals surface area contributed by atoms with Crippen LogP contribution in [0.15, 0.2) is 18.2 Å². The first-order valence-electron chi connectivity index (χ1n) is 5.77. The predicted molar refractivity (Wildman–Crippen MR) is 63.8 cm³/mol.